The SMILES string of the molecule is CC(=O)c1cccc2c1OB(O)[C@@H](CC(=O)CC1CCC(N3CC(N)C3)CC1)C2. The quantitative estimate of drug-likeness (QED) is 0.564. The minimum atomic E-state index is -1.04. The zero-order chi connectivity index (χ0) is 20.5. The van der Waals surface area contributed by atoms with Gasteiger partial charge in [0.25, 0.3) is 0 Å². The molecule has 2 aliphatic heterocycles. The molecule has 1 aromatic rings. The van der Waals surface area contributed by atoms with Crippen LogP contribution in [0.1, 0.15) is 61.4 Å². The maximum Gasteiger partial charge on any atom is 0.526 e. The molecule has 2 fully saturated rings. The van der Waals surface area contributed by atoms with Crippen LogP contribution in [0.15, 0.2) is 18.2 Å². The molecule has 156 valence electrons. The van der Waals surface area contributed by atoms with E-state index in [-0.39, 0.29) is 17.4 Å². The van der Waals surface area contributed by atoms with Gasteiger partial charge in [-0.25, -0.2) is 0 Å². The van der Waals surface area contributed by atoms with Crippen molar-refractivity contribution >= 4 is 18.7 Å². The Bertz CT molecular complexity index is 772. The van der Waals surface area contributed by atoms with Crippen LogP contribution in [-0.4, -0.2) is 53.8 Å². The number of para-hydroxylation sites is 1. The Morgan fingerprint density at radius 2 is 1.93 bits per heavy atom. The monoisotopic (exact) mass is 398 g/mol. The van der Waals surface area contributed by atoms with Crippen LogP contribution in [-0.2, 0) is 11.2 Å². The summed E-state index contributed by atoms with van der Waals surface area (Å²) in [5, 5.41) is 10.4. The van der Waals surface area contributed by atoms with Crippen LogP contribution in [0, 0.1) is 5.92 Å². The van der Waals surface area contributed by atoms with Gasteiger partial charge in [-0.1, -0.05) is 12.1 Å². The molecule has 0 radical (unpaired) electrons. The number of nitrogens with two attached hydrogens (primary N) is 1. The number of nitrogens with zero attached hydrogens (tertiary/aromatic N) is 1. The fourth-order valence-corrected chi connectivity index (χ4v) is 5.19. The van der Waals surface area contributed by atoms with E-state index in [1.54, 1.807) is 6.07 Å². The Labute approximate surface area is 172 Å². The van der Waals surface area contributed by atoms with E-state index in [2.05, 4.69) is 4.90 Å². The van der Waals surface area contributed by atoms with Crippen molar-refractivity contribution in [3.05, 3.63) is 29.3 Å². The second-order valence-corrected chi connectivity index (χ2v) is 9.16. The Kier molecular flexibility index (Phi) is 6.09. The van der Waals surface area contributed by atoms with Gasteiger partial charge in [-0.15, -0.1) is 0 Å². The van der Waals surface area contributed by atoms with E-state index in [1.165, 1.54) is 6.92 Å². The largest absolute Gasteiger partial charge is 0.535 e. The van der Waals surface area contributed by atoms with Gasteiger partial charge in [-0.3, -0.25) is 14.5 Å². The number of rotatable bonds is 6. The van der Waals surface area contributed by atoms with Crippen LogP contribution < -0.4 is 10.4 Å². The molecule has 0 unspecified atom stereocenters. The third kappa shape index (κ3) is 4.57. The zero-order valence-corrected chi connectivity index (χ0v) is 17.2. The molecule has 1 atom stereocenters. The number of hydrogen-bond donors (Lipinski definition) is 2. The first-order valence-corrected chi connectivity index (χ1v) is 10.9. The Morgan fingerprint density at radius 1 is 1.21 bits per heavy atom. The minimum absolute atomic E-state index is 0.0839. The molecule has 0 aromatic heterocycles. The highest BCUT2D eigenvalue weighted by Gasteiger charge is 2.38. The van der Waals surface area contributed by atoms with Gasteiger partial charge in [0.1, 0.15) is 11.5 Å². The zero-order valence-electron chi connectivity index (χ0n) is 17.2. The van der Waals surface area contributed by atoms with Crippen LogP contribution >= 0.6 is 0 Å². The number of carbonyl (C=O) groups excluding carboxylic acids is 2. The van der Waals surface area contributed by atoms with Crippen LogP contribution in [0.4, 0.5) is 0 Å². The molecule has 4 rings (SSSR count). The Balaban J connectivity index is 1.28. The van der Waals surface area contributed by atoms with Gasteiger partial charge in [0.2, 0.25) is 0 Å². The average Bonchev–Trinajstić information content (AvgIpc) is 2.66. The van der Waals surface area contributed by atoms with Crippen LogP contribution in [0.25, 0.3) is 0 Å². The lowest BCUT2D eigenvalue weighted by Gasteiger charge is -2.45. The molecule has 1 saturated carbocycles. The Morgan fingerprint density at radius 3 is 2.59 bits per heavy atom. The number of likely N-dealkylation sites (tertiary alicyclic amines) is 1. The molecule has 1 aliphatic carbocycles. The van der Waals surface area contributed by atoms with Crippen LogP contribution in [0.2, 0.25) is 5.82 Å². The molecule has 3 aliphatic rings. The van der Waals surface area contributed by atoms with E-state index in [9.17, 15) is 14.6 Å². The first kappa shape index (κ1) is 20.6. The molecule has 1 aromatic carbocycles. The molecule has 0 bridgehead atoms. The molecule has 3 N–H and O–H groups in total. The molecule has 7 heteroatoms. The number of benzene rings is 1. The lowest BCUT2D eigenvalue weighted by molar-refractivity contribution is -0.120. The van der Waals surface area contributed by atoms with Gasteiger partial charge in [0.05, 0.1) is 5.56 Å². The van der Waals surface area contributed by atoms with E-state index in [4.69, 9.17) is 10.4 Å². The molecule has 6 nitrogen and oxygen atoms in total. The molecule has 29 heavy (non-hydrogen) atoms. The van der Waals surface area contributed by atoms with Crippen molar-refractivity contribution in [2.24, 2.45) is 11.7 Å². The number of hydrogen-bond acceptors (Lipinski definition) is 6. The second-order valence-electron chi connectivity index (χ2n) is 9.16. The predicted octanol–water partition coefficient (Wildman–Crippen LogP) is 2.23. The highest BCUT2D eigenvalue weighted by molar-refractivity contribution is 6.47. The van der Waals surface area contributed by atoms with E-state index in [1.807, 2.05) is 12.1 Å². The van der Waals surface area contributed by atoms with Crippen LogP contribution in [0.5, 0.6) is 5.75 Å². The fraction of sp³-hybridized carbons (Fsp3) is 0.636. The third-order valence-electron chi connectivity index (χ3n) is 6.88. The summed E-state index contributed by atoms with van der Waals surface area (Å²) in [4.78, 5) is 27.0. The summed E-state index contributed by atoms with van der Waals surface area (Å²) in [5.41, 5.74) is 7.28. The van der Waals surface area contributed by atoms with E-state index in [0.717, 1.165) is 44.3 Å². The molecule has 1 saturated heterocycles. The van der Waals surface area contributed by atoms with Crippen molar-refractivity contribution in [1.29, 1.82) is 0 Å². The summed E-state index contributed by atoms with van der Waals surface area (Å²) in [7, 11) is -1.04. The minimum Gasteiger partial charge on any atom is -0.535 e. The van der Waals surface area contributed by atoms with Crippen molar-refractivity contribution in [1.82, 2.24) is 4.90 Å². The molecular formula is C22H31BN2O4. The third-order valence-corrected chi connectivity index (χ3v) is 6.88. The number of ketones is 2. The van der Waals surface area contributed by atoms with Gasteiger partial charge in [0.15, 0.2) is 5.78 Å². The van der Waals surface area contributed by atoms with E-state index >= 15 is 0 Å². The number of Topliss-reactive ketones (excluding diaryl/α,β-unsaturated/α-hetero) is 2. The summed E-state index contributed by atoms with van der Waals surface area (Å²) in [6.45, 7) is 3.52. The summed E-state index contributed by atoms with van der Waals surface area (Å²) in [6.07, 6.45) is 5.97. The highest BCUT2D eigenvalue weighted by Crippen LogP contribution is 2.37. The van der Waals surface area contributed by atoms with Crippen molar-refractivity contribution in [2.45, 2.75) is 69.8 Å². The second kappa shape index (κ2) is 8.58. The maximum absolute atomic E-state index is 12.7. The fourth-order valence-electron chi connectivity index (χ4n) is 5.19. The van der Waals surface area contributed by atoms with Crippen molar-refractivity contribution in [2.75, 3.05) is 13.1 Å². The lowest BCUT2D eigenvalue weighted by atomic mass is 9.64. The molecule has 0 amide bonds. The maximum atomic E-state index is 12.7. The van der Waals surface area contributed by atoms with Gasteiger partial charge >= 0.3 is 7.12 Å². The summed E-state index contributed by atoms with van der Waals surface area (Å²) in [6, 6.07) is 6.44. The Hall–Kier alpha value is -1.70. The predicted molar refractivity (Wildman–Crippen MR) is 112 cm³/mol. The van der Waals surface area contributed by atoms with E-state index in [0.29, 0.717) is 48.6 Å². The normalized spacial score (nSPS) is 27.7. The van der Waals surface area contributed by atoms with E-state index < -0.39 is 7.12 Å². The van der Waals surface area contributed by atoms with Gasteiger partial charge < -0.3 is 15.4 Å². The smallest absolute Gasteiger partial charge is 0.526 e. The van der Waals surface area contributed by atoms with Gasteiger partial charge in [-0.2, -0.15) is 0 Å². The lowest BCUT2D eigenvalue weighted by Crippen LogP contribution is -2.59. The van der Waals surface area contributed by atoms with Crippen molar-refractivity contribution in [3.8, 4) is 5.75 Å². The topological polar surface area (TPSA) is 92.9 Å². The molecule has 2 heterocycles. The summed E-state index contributed by atoms with van der Waals surface area (Å²) in [5.74, 6) is 0.793. The molecular weight excluding hydrogens is 367 g/mol. The van der Waals surface area contributed by atoms with Gasteiger partial charge in [-0.05, 0) is 56.6 Å². The first-order chi connectivity index (χ1) is 13.9. The molecule has 0 spiro atoms. The standard InChI is InChI=1S/C22H31BN2O4/c1-14(26)21-4-2-3-16-10-17(23(28)29-22(16)21)11-20(27)9-15-5-7-19(8-6-15)25-12-18(24)13-25/h2-4,15,17-19,28H,5-13,24H2,1H3/t15?,17-,19?/m1/s1. The van der Waals surface area contributed by atoms with Crippen molar-refractivity contribution in [3.63, 3.8) is 0 Å². The first-order valence-electron chi connectivity index (χ1n) is 10.9. The van der Waals surface area contributed by atoms with Crippen LogP contribution in [0.3, 0.4) is 0 Å². The van der Waals surface area contributed by atoms with Crippen molar-refractivity contribution < 1.29 is 19.3 Å². The summed E-state index contributed by atoms with van der Waals surface area (Å²) < 4.78 is 5.66. The summed E-state index contributed by atoms with van der Waals surface area (Å²) >= 11 is 0. The van der Waals surface area contributed by atoms with Gasteiger partial charge in [0, 0.05) is 43.8 Å². The average molecular weight is 398 g/mol. The number of fused-ring (bicyclic) bond motifs is 1. The number of carbonyl (C=O) groups is 2. The highest BCUT2D eigenvalue weighted by atomic mass is 16.5.